The molecule has 1 aromatic heterocycles. The van der Waals surface area contributed by atoms with Crippen LogP contribution in [0.3, 0.4) is 0 Å². The fourth-order valence-electron chi connectivity index (χ4n) is 2.78. The molecule has 0 saturated heterocycles. The van der Waals surface area contributed by atoms with Crippen LogP contribution in [0.15, 0.2) is 30.7 Å². The highest BCUT2D eigenvalue weighted by Gasteiger charge is 2.23. The molecule has 21 heavy (non-hydrogen) atoms. The van der Waals surface area contributed by atoms with E-state index in [9.17, 15) is 0 Å². The van der Waals surface area contributed by atoms with Gasteiger partial charge in [0.15, 0.2) is 0 Å². The SMILES string of the molecule is CN(C)C(C)(C)Cn1cncc1-c1cccc2c1NCC2. The van der Waals surface area contributed by atoms with Crippen LogP contribution in [-0.4, -0.2) is 40.6 Å². The van der Waals surface area contributed by atoms with Crippen LogP contribution in [-0.2, 0) is 13.0 Å². The third-order valence-corrected chi connectivity index (χ3v) is 4.60. The maximum absolute atomic E-state index is 4.38. The summed E-state index contributed by atoms with van der Waals surface area (Å²) >= 11 is 0. The molecule has 0 atom stereocenters. The minimum Gasteiger partial charge on any atom is -0.384 e. The Kier molecular flexibility index (Phi) is 3.49. The van der Waals surface area contributed by atoms with Crippen LogP contribution >= 0.6 is 0 Å². The number of fused-ring (bicyclic) bond motifs is 1. The number of benzene rings is 1. The topological polar surface area (TPSA) is 33.1 Å². The molecule has 0 unspecified atom stereocenters. The van der Waals surface area contributed by atoms with E-state index in [1.54, 1.807) is 0 Å². The largest absolute Gasteiger partial charge is 0.384 e. The van der Waals surface area contributed by atoms with Crippen LogP contribution < -0.4 is 5.32 Å². The molecule has 4 nitrogen and oxygen atoms in total. The predicted octanol–water partition coefficient (Wildman–Crippen LogP) is 2.86. The van der Waals surface area contributed by atoms with Gasteiger partial charge < -0.3 is 14.8 Å². The van der Waals surface area contributed by atoms with Crippen molar-refractivity contribution in [1.82, 2.24) is 14.5 Å². The zero-order valence-electron chi connectivity index (χ0n) is 13.3. The van der Waals surface area contributed by atoms with Gasteiger partial charge in [-0.2, -0.15) is 0 Å². The fourth-order valence-corrected chi connectivity index (χ4v) is 2.78. The number of anilines is 1. The zero-order valence-corrected chi connectivity index (χ0v) is 13.3. The number of rotatable bonds is 4. The Bertz CT molecular complexity index is 640. The second kappa shape index (κ2) is 5.19. The van der Waals surface area contributed by atoms with E-state index in [0.717, 1.165) is 19.5 Å². The lowest BCUT2D eigenvalue weighted by Crippen LogP contribution is -2.42. The molecule has 0 amide bonds. The van der Waals surface area contributed by atoms with Crippen molar-refractivity contribution in [3.63, 3.8) is 0 Å². The highest BCUT2D eigenvalue weighted by Crippen LogP contribution is 2.34. The lowest BCUT2D eigenvalue weighted by molar-refractivity contribution is 0.170. The number of hydrogen-bond acceptors (Lipinski definition) is 3. The highest BCUT2D eigenvalue weighted by atomic mass is 15.2. The minimum atomic E-state index is 0.0842. The zero-order chi connectivity index (χ0) is 15.0. The summed E-state index contributed by atoms with van der Waals surface area (Å²) in [5.41, 5.74) is 5.23. The normalized spacial score (nSPS) is 14.3. The number of para-hydroxylation sites is 1. The summed E-state index contributed by atoms with van der Waals surface area (Å²) in [4.78, 5) is 6.64. The van der Waals surface area contributed by atoms with Crippen LogP contribution in [0.2, 0.25) is 0 Å². The van der Waals surface area contributed by atoms with Crippen molar-refractivity contribution in [2.75, 3.05) is 26.0 Å². The van der Waals surface area contributed by atoms with Gasteiger partial charge in [-0.1, -0.05) is 18.2 Å². The molecule has 4 heteroatoms. The van der Waals surface area contributed by atoms with E-state index in [2.05, 4.69) is 65.9 Å². The Morgan fingerprint density at radius 1 is 1.33 bits per heavy atom. The Morgan fingerprint density at radius 3 is 2.90 bits per heavy atom. The first-order valence-electron chi connectivity index (χ1n) is 7.53. The Hall–Kier alpha value is -1.81. The average Bonchev–Trinajstić information content (AvgIpc) is 3.06. The van der Waals surface area contributed by atoms with Crippen LogP contribution in [0.5, 0.6) is 0 Å². The van der Waals surface area contributed by atoms with Crippen molar-refractivity contribution in [2.24, 2.45) is 0 Å². The number of likely N-dealkylation sites (N-methyl/N-ethyl adjacent to an activating group) is 1. The van der Waals surface area contributed by atoms with Gasteiger partial charge >= 0.3 is 0 Å². The number of aromatic nitrogens is 2. The molecule has 1 N–H and O–H groups in total. The first-order chi connectivity index (χ1) is 9.99. The average molecular weight is 284 g/mol. The van der Waals surface area contributed by atoms with Gasteiger partial charge in [-0.25, -0.2) is 4.98 Å². The lowest BCUT2D eigenvalue weighted by Gasteiger charge is -2.33. The molecular weight excluding hydrogens is 260 g/mol. The van der Waals surface area contributed by atoms with Gasteiger partial charge in [0.25, 0.3) is 0 Å². The van der Waals surface area contributed by atoms with Crippen molar-refractivity contribution in [3.8, 4) is 11.3 Å². The van der Waals surface area contributed by atoms with Crippen LogP contribution in [0.4, 0.5) is 5.69 Å². The van der Waals surface area contributed by atoms with Crippen molar-refractivity contribution < 1.29 is 0 Å². The first kappa shape index (κ1) is 14.1. The van der Waals surface area contributed by atoms with E-state index in [4.69, 9.17) is 0 Å². The number of nitrogens with one attached hydrogen (secondary N) is 1. The summed E-state index contributed by atoms with van der Waals surface area (Å²) in [5.74, 6) is 0. The molecule has 0 radical (unpaired) electrons. The Morgan fingerprint density at radius 2 is 2.14 bits per heavy atom. The van der Waals surface area contributed by atoms with Gasteiger partial charge in [-0.15, -0.1) is 0 Å². The highest BCUT2D eigenvalue weighted by molar-refractivity contribution is 5.79. The van der Waals surface area contributed by atoms with Gasteiger partial charge in [0.1, 0.15) is 0 Å². The van der Waals surface area contributed by atoms with Crippen LogP contribution in [0.25, 0.3) is 11.3 Å². The predicted molar refractivity (Wildman–Crippen MR) is 87.6 cm³/mol. The molecule has 2 heterocycles. The smallest absolute Gasteiger partial charge is 0.0951 e. The Balaban J connectivity index is 1.99. The third-order valence-electron chi connectivity index (χ3n) is 4.60. The third kappa shape index (κ3) is 2.56. The van der Waals surface area contributed by atoms with E-state index in [1.807, 2.05) is 12.5 Å². The quantitative estimate of drug-likeness (QED) is 0.937. The summed E-state index contributed by atoms with van der Waals surface area (Å²) in [5, 5.41) is 3.52. The Labute approximate surface area is 126 Å². The van der Waals surface area contributed by atoms with E-state index in [1.165, 1.54) is 22.5 Å². The second-order valence-corrected chi connectivity index (χ2v) is 6.63. The van der Waals surface area contributed by atoms with Gasteiger partial charge in [0, 0.05) is 29.9 Å². The number of nitrogens with zero attached hydrogens (tertiary/aromatic N) is 3. The van der Waals surface area contributed by atoms with Crippen molar-refractivity contribution in [3.05, 3.63) is 36.3 Å². The molecule has 0 aliphatic carbocycles. The fraction of sp³-hybridized carbons (Fsp3) is 0.471. The molecule has 0 bridgehead atoms. The molecule has 0 fully saturated rings. The van der Waals surface area contributed by atoms with Crippen molar-refractivity contribution in [2.45, 2.75) is 32.4 Å². The van der Waals surface area contributed by atoms with E-state index in [0.29, 0.717) is 0 Å². The van der Waals surface area contributed by atoms with E-state index in [-0.39, 0.29) is 5.54 Å². The summed E-state index contributed by atoms with van der Waals surface area (Å²) in [6.45, 7) is 6.46. The minimum absolute atomic E-state index is 0.0842. The lowest BCUT2D eigenvalue weighted by atomic mass is 10.0. The van der Waals surface area contributed by atoms with Gasteiger partial charge in [-0.3, -0.25) is 0 Å². The molecule has 1 aromatic carbocycles. The summed E-state index contributed by atoms with van der Waals surface area (Å²) < 4.78 is 2.26. The summed E-state index contributed by atoms with van der Waals surface area (Å²) in [6, 6.07) is 6.55. The van der Waals surface area contributed by atoms with Crippen LogP contribution in [0.1, 0.15) is 19.4 Å². The standard InChI is InChI=1S/C17H24N4/c1-17(2,20(3)4)11-21-12-18-10-15(21)14-7-5-6-13-8-9-19-16(13)14/h5-7,10,12,19H,8-9,11H2,1-4H3. The number of imidazole rings is 1. The maximum Gasteiger partial charge on any atom is 0.0951 e. The first-order valence-corrected chi connectivity index (χ1v) is 7.53. The van der Waals surface area contributed by atoms with Crippen LogP contribution in [0, 0.1) is 0 Å². The van der Waals surface area contributed by atoms with E-state index < -0.39 is 0 Å². The number of hydrogen-bond donors (Lipinski definition) is 1. The van der Waals surface area contributed by atoms with Crippen molar-refractivity contribution in [1.29, 1.82) is 0 Å². The van der Waals surface area contributed by atoms with Gasteiger partial charge in [0.05, 0.1) is 18.2 Å². The van der Waals surface area contributed by atoms with Gasteiger partial charge in [0.2, 0.25) is 0 Å². The van der Waals surface area contributed by atoms with Gasteiger partial charge in [-0.05, 0) is 39.9 Å². The summed E-state index contributed by atoms with van der Waals surface area (Å²) in [7, 11) is 4.25. The molecule has 0 spiro atoms. The molecule has 2 aromatic rings. The molecule has 1 aliphatic heterocycles. The molecule has 3 rings (SSSR count). The molecule has 0 saturated carbocycles. The molecular formula is C17H24N4. The molecule has 1 aliphatic rings. The molecule has 112 valence electrons. The maximum atomic E-state index is 4.38. The second-order valence-electron chi connectivity index (χ2n) is 6.63. The van der Waals surface area contributed by atoms with E-state index >= 15 is 0 Å². The van der Waals surface area contributed by atoms with Crippen molar-refractivity contribution >= 4 is 5.69 Å². The monoisotopic (exact) mass is 284 g/mol. The summed E-state index contributed by atoms with van der Waals surface area (Å²) in [6.07, 6.45) is 5.02.